The van der Waals surface area contributed by atoms with E-state index in [9.17, 15) is 19.1 Å². The van der Waals surface area contributed by atoms with E-state index in [0.717, 1.165) is 6.42 Å². The Hall–Kier alpha value is -1.96. The molecule has 7 nitrogen and oxygen atoms in total. The maximum atomic E-state index is 11.9. The molecule has 1 rings (SSSR count). The highest BCUT2D eigenvalue weighted by molar-refractivity contribution is 7.84. The Morgan fingerprint density at radius 1 is 1.38 bits per heavy atom. The number of nitro benzene ring substituents is 1. The van der Waals surface area contributed by atoms with E-state index in [1.54, 1.807) is 6.26 Å². The monoisotopic (exact) mass is 313 g/mol. The fraction of sp³-hybridized carbons (Fsp3) is 0.462. The minimum absolute atomic E-state index is 0.0605. The van der Waals surface area contributed by atoms with Crippen LogP contribution in [0.15, 0.2) is 18.2 Å². The van der Waals surface area contributed by atoms with Crippen LogP contribution in [0.5, 0.6) is 0 Å². The first kappa shape index (κ1) is 17.1. The highest BCUT2D eigenvalue weighted by atomic mass is 32.2. The molecular weight excluding hydrogens is 294 g/mol. The molecule has 0 aliphatic carbocycles. The standard InChI is InChI=1S/C13H19N3O4S/c1-3-6-14-11-9-10(4-5-12(11)16(18)19)13(17)15-7-8-21(2)20/h4-5,9,14H,3,6-8H2,1-2H3,(H,15,17). The molecule has 0 saturated carbocycles. The van der Waals surface area contributed by atoms with Crippen molar-refractivity contribution in [3.63, 3.8) is 0 Å². The molecular formula is C13H19N3O4S. The third-order valence-electron chi connectivity index (χ3n) is 2.70. The van der Waals surface area contributed by atoms with Crippen LogP contribution in [0.2, 0.25) is 0 Å². The van der Waals surface area contributed by atoms with Crippen LogP contribution < -0.4 is 10.6 Å². The molecule has 1 aromatic rings. The third kappa shape index (κ3) is 5.50. The van der Waals surface area contributed by atoms with Crippen LogP contribution in [0, 0.1) is 10.1 Å². The van der Waals surface area contributed by atoms with Crippen molar-refractivity contribution in [2.75, 3.05) is 30.4 Å². The number of hydrogen-bond donors (Lipinski definition) is 2. The minimum atomic E-state index is -0.973. The topological polar surface area (TPSA) is 101 Å². The molecule has 1 aromatic carbocycles. The summed E-state index contributed by atoms with van der Waals surface area (Å²) in [5.74, 6) is 0.0366. The predicted octanol–water partition coefficient (Wildman–Crippen LogP) is 1.53. The molecule has 0 bridgehead atoms. The summed E-state index contributed by atoms with van der Waals surface area (Å²) in [4.78, 5) is 22.4. The number of anilines is 1. The smallest absolute Gasteiger partial charge is 0.292 e. The normalized spacial score (nSPS) is 11.7. The van der Waals surface area contributed by atoms with Crippen LogP contribution >= 0.6 is 0 Å². The van der Waals surface area contributed by atoms with Gasteiger partial charge in [-0.25, -0.2) is 0 Å². The first-order valence-electron chi connectivity index (χ1n) is 6.56. The lowest BCUT2D eigenvalue weighted by molar-refractivity contribution is -0.384. The number of amides is 1. The predicted molar refractivity (Wildman–Crippen MR) is 83.1 cm³/mol. The van der Waals surface area contributed by atoms with Crippen LogP contribution in [0.3, 0.4) is 0 Å². The van der Waals surface area contributed by atoms with Crippen molar-refractivity contribution in [3.8, 4) is 0 Å². The zero-order valence-corrected chi connectivity index (χ0v) is 12.9. The van der Waals surface area contributed by atoms with Crippen LogP contribution in [0.1, 0.15) is 23.7 Å². The summed E-state index contributed by atoms with van der Waals surface area (Å²) in [5, 5.41) is 16.5. The Balaban J connectivity index is 2.85. The number of nitrogens with zero attached hydrogens (tertiary/aromatic N) is 1. The van der Waals surface area contributed by atoms with Crippen molar-refractivity contribution >= 4 is 28.1 Å². The summed E-state index contributed by atoms with van der Waals surface area (Å²) >= 11 is 0. The minimum Gasteiger partial charge on any atom is -0.379 e. The van der Waals surface area contributed by atoms with Crippen LogP contribution in [0.4, 0.5) is 11.4 Å². The average Bonchev–Trinajstić information content (AvgIpc) is 2.44. The van der Waals surface area contributed by atoms with Crippen molar-refractivity contribution in [3.05, 3.63) is 33.9 Å². The van der Waals surface area contributed by atoms with Crippen LogP contribution in [-0.4, -0.2) is 40.1 Å². The lowest BCUT2D eigenvalue weighted by Crippen LogP contribution is -2.27. The van der Waals surface area contributed by atoms with Gasteiger partial charge in [-0.15, -0.1) is 0 Å². The fourth-order valence-electron chi connectivity index (χ4n) is 1.65. The van der Waals surface area contributed by atoms with Crippen molar-refractivity contribution in [2.24, 2.45) is 0 Å². The van der Waals surface area contributed by atoms with Gasteiger partial charge in [0, 0.05) is 47.5 Å². The Morgan fingerprint density at radius 2 is 2.10 bits per heavy atom. The highest BCUT2D eigenvalue weighted by Crippen LogP contribution is 2.25. The molecule has 1 unspecified atom stereocenters. The molecule has 0 heterocycles. The summed E-state index contributed by atoms with van der Waals surface area (Å²) in [6.07, 6.45) is 2.38. The molecule has 116 valence electrons. The van der Waals surface area contributed by atoms with Gasteiger partial charge in [-0.05, 0) is 18.6 Å². The molecule has 0 aliphatic heterocycles. The fourth-order valence-corrected chi connectivity index (χ4v) is 2.04. The van der Waals surface area contributed by atoms with Gasteiger partial charge in [0.15, 0.2) is 0 Å². The first-order valence-corrected chi connectivity index (χ1v) is 8.29. The number of carbonyl (C=O) groups is 1. The quantitative estimate of drug-likeness (QED) is 0.560. The Kier molecular flexibility index (Phi) is 6.80. The summed E-state index contributed by atoms with van der Waals surface area (Å²) in [6.45, 7) is 2.83. The largest absolute Gasteiger partial charge is 0.379 e. The lowest BCUT2D eigenvalue weighted by Gasteiger charge is -2.09. The molecule has 0 radical (unpaired) electrons. The van der Waals surface area contributed by atoms with Gasteiger partial charge in [-0.1, -0.05) is 6.92 Å². The molecule has 1 amide bonds. The molecule has 0 saturated heterocycles. The molecule has 21 heavy (non-hydrogen) atoms. The van der Waals surface area contributed by atoms with Crippen molar-refractivity contribution in [1.29, 1.82) is 0 Å². The Morgan fingerprint density at radius 3 is 2.67 bits per heavy atom. The van der Waals surface area contributed by atoms with Crippen LogP contribution in [0.25, 0.3) is 0 Å². The van der Waals surface area contributed by atoms with E-state index in [4.69, 9.17) is 0 Å². The third-order valence-corrected chi connectivity index (χ3v) is 3.48. The second-order valence-electron chi connectivity index (χ2n) is 4.45. The van der Waals surface area contributed by atoms with E-state index in [0.29, 0.717) is 30.1 Å². The lowest BCUT2D eigenvalue weighted by atomic mass is 10.1. The maximum Gasteiger partial charge on any atom is 0.292 e. The molecule has 0 aromatic heterocycles. The maximum absolute atomic E-state index is 11.9. The summed E-state index contributed by atoms with van der Waals surface area (Å²) in [5.41, 5.74) is 0.601. The summed E-state index contributed by atoms with van der Waals surface area (Å²) < 4.78 is 10.9. The number of carbonyl (C=O) groups excluding carboxylic acids is 1. The number of nitrogens with one attached hydrogen (secondary N) is 2. The SMILES string of the molecule is CCCNc1cc(C(=O)NCCS(C)=O)ccc1[N+](=O)[O-]. The van der Waals surface area contributed by atoms with Gasteiger partial charge in [-0.2, -0.15) is 0 Å². The van der Waals surface area contributed by atoms with Gasteiger partial charge in [0.1, 0.15) is 5.69 Å². The van der Waals surface area contributed by atoms with E-state index in [-0.39, 0.29) is 11.6 Å². The van der Waals surface area contributed by atoms with E-state index in [1.165, 1.54) is 18.2 Å². The number of nitro groups is 1. The van der Waals surface area contributed by atoms with Gasteiger partial charge in [0.2, 0.25) is 0 Å². The summed E-state index contributed by atoms with van der Waals surface area (Å²) in [7, 11) is -0.973. The van der Waals surface area contributed by atoms with Gasteiger partial charge in [0.05, 0.1) is 4.92 Å². The molecule has 8 heteroatoms. The van der Waals surface area contributed by atoms with Crippen molar-refractivity contribution < 1.29 is 13.9 Å². The Bertz CT molecular complexity index is 548. The molecule has 0 spiro atoms. The molecule has 1 atom stereocenters. The second kappa shape index (κ2) is 8.35. The average molecular weight is 313 g/mol. The van der Waals surface area contributed by atoms with E-state index in [2.05, 4.69) is 10.6 Å². The molecule has 2 N–H and O–H groups in total. The number of rotatable bonds is 8. The Labute approximate surface area is 125 Å². The second-order valence-corrected chi connectivity index (χ2v) is 6.00. The first-order chi connectivity index (χ1) is 9.95. The number of hydrogen-bond acceptors (Lipinski definition) is 5. The number of benzene rings is 1. The van der Waals surface area contributed by atoms with Gasteiger partial charge in [-0.3, -0.25) is 19.1 Å². The molecule has 0 fully saturated rings. The van der Waals surface area contributed by atoms with E-state index in [1.807, 2.05) is 6.92 Å². The van der Waals surface area contributed by atoms with Crippen molar-refractivity contribution in [2.45, 2.75) is 13.3 Å². The zero-order valence-electron chi connectivity index (χ0n) is 12.0. The van der Waals surface area contributed by atoms with E-state index < -0.39 is 15.7 Å². The summed E-state index contributed by atoms with van der Waals surface area (Å²) in [6, 6.07) is 4.18. The highest BCUT2D eigenvalue weighted by Gasteiger charge is 2.16. The van der Waals surface area contributed by atoms with E-state index >= 15 is 0 Å². The van der Waals surface area contributed by atoms with Crippen molar-refractivity contribution in [1.82, 2.24) is 5.32 Å². The van der Waals surface area contributed by atoms with Gasteiger partial charge in [0.25, 0.3) is 11.6 Å². The zero-order chi connectivity index (χ0) is 15.8. The molecule has 0 aliphatic rings. The van der Waals surface area contributed by atoms with Gasteiger partial charge < -0.3 is 10.6 Å². The van der Waals surface area contributed by atoms with Crippen LogP contribution in [-0.2, 0) is 10.8 Å². The van der Waals surface area contributed by atoms with Gasteiger partial charge >= 0.3 is 0 Å².